The van der Waals surface area contributed by atoms with Crippen molar-refractivity contribution < 1.29 is 106 Å². The summed E-state index contributed by atoms with van der Waals surface area (Å²) in [6, 6.07) is 8.44. The van der Waals surface area contributed by atoms with Crippen LogP contribution in [0.4, 0.5) is 9.59 Å². The van der Waals surface area contributed by atoms with E-state index in [1.54, 1.807) is 91.5 Å². The number of aromatic hydroxyl groups is 2. The first-order chi connectivity index (χ1) is 57.4. The van der Waals surface area contributed by atoms with E-state index in [1.165, 1.54) is 6.92 Å². The molecule has 3 rings (SSSR count). The highest BCUT2D eigenvalue weighted by Crippen LogP contribution is 2.28. The summed E-state index contributed by atoms with van der Waals surface area (Å²) in [5, 5.41) is 37.1. The zero-order valence-electron chi connectivity index (χ0n) is 78.6. The number of nitrogens with zero attached hydrogens (tertiary/aromatic N) is 6. The number of hydrogen-bond donors (Lipinski definition) is 7. The van der Waals surface area contributed by atoms with Crippen molar-refractivity contribution in [3.05, 3.63) is 58.7 Å². The van der Waals surface area contributed by atoms with Gasteiger partial charge in [-0.25, -0.2) is 14.4 Å². The third kappa shape index (κ3) is 60.3. The molecule has 0 bridgehead atoms. The van der Waals surface area contributed by atoms with Gasteiger partial charge in [0.05, 0.1) is 19.6 Å². The number of unbranched alkanes of at least 4 members (excludes halogenated alkanes) is 3. The molecule has 1 fully saturated rings. The number of phenols is 2. The Hall–Kier alpha value is -9.32. The van der Waals surface area contributed by atoms with Crippen molar-refractivity contribution in [2.45, 2.75) is 296 Å². The van der Waals surface area contributed by atoms with E-state index in [0.717, 1.165) is 50.3 Å². The number of phenolic OH excluding ortho intramolecular Hbond substituents is 2. The highest BCUT2D eigenvalue weighted by atomic mass is 16.6. The summed E-state index contributed by atoms with van der Waals surface area (Å²) in [5.41, 5.74) is -0.437. The van der Waals surface area contributed by atoms with Crippen LogP contribution in [0.25, 0.3) is 0 Å². The lowest BCUT2D eigenvalue weighted by Crippen LogP contribution is -2.53. The molecular weight excluding hydrogens is 1600 g/mol. The average Bonchev–Trinajstić information content (AvgIpc) is 0.856. The molecule has 124 heavy (non-hydrogen) atoms. The highest BCUT2D eigenvalue weighted by Gasteiger charge is 2.33. The minimum Gasteiger partial charge on any atom is -0.508 e. The molecule has 1 heterocycles. The number of benzene rings is 2. The van der Waals surface area contributed by atoms with Crippen LogP contribution in [0.2, 0.25) is 0 Å². The first-order valence-corrected chi connectivity index (χ1v) is 43.2. The van der Waals surface area contributed by atoms with Gasteiger partial charge >= 0.3 is 48.5 Å². The van der Waals surface area contributed by atoms with Gasteiger partial charge in [0.15, 0.2) is 0 Å². The van der Waals surface area contributed by atoms with Gasteiger partial charge in [0.1, 0.15) is 51.5 Å². The maximum Gasteiger partial charge on any atom is 0.410 e. The van der Waals surface area contributed by atoms with Gasteiger partial charge in [-0.3, -0.25) is 53.2 Å². The Balaban J connectivity index is 0.0000161. The van der Waals surface area contributed by atoms with Gasteiger partial charge < -0.3 is 65.5 Å². The van der Waals surface area contributed by atoms with E-state index >= 15 is 0 Å². The molecule has 33 heteroatoms. The summed E-state index contributed by atoms with van der Waals surface area (Å²) in [5.74, 6) is -2.05. The Morgan fingerprint density at radius 2 is 0.863 bits per heavy atom. The van der Waals surface area contributed by atoms with Crippen molar-refractivity contribution in [1.82, 2.24) is 56.0 Å². The molecule has 0 radical (unpaired) electrons. The number of nitrogens with one attached hydrogen (secondary N) is 5. The molecule has 0 aromatic heterocycles. The van der Waals surface area contributed by atoms with Gasteiger partial charge in [0, 0.05) is 161 Å². The SMILES string of the molecule is CC(=O)CN(CCN(CC(=O)OC(C)(C)C)Cc1cc(CCC(=O)CCCNC(=O)CN2CCN(CC(C)(C)C)CCN(CC(C)(C)C)CCN(C(=O)OC(C)(C)C)CC2)ccc1O)Cc1cc(CCC(=O)NCCCCCC(=O)NCCCC[C@H](NC(=O)N[C@@H](CCC(=O)OC(C)(C)C)C(=O)OC(C)(C)C)C(C)(C)C)ccc1O.O=C=O.O=C=O.O=C=O. The van der Waals surface area contributed by atoms with E-state index < -0.39 is 52.4 Å². The van der Waals surface area contributed by atoms with Gasteiger partial charge in [0.2, 0.25) is 17.7 Å². The molecule has 0 saturated carbocycles. The number of carbonyl (C=O) groups is 10. The zero-order chi connectivity index (χ0) is 94.8. The number of Topliss-reactive ketones (excluding diaryl/α,β-unsaturated/α-hetero) is 2. The highest BCUT2D eigenvalue weighted by molar-refractivity contribution is 5.85. The largest absolute Gasteiger partial charge is 0.508 e. The summed E-state index contributed by atoms with van der Waals surface area (Å²) in [6.07, 6.45) is 6.61. The first-order valence-electron chi connectivity index (χ1n) is 43.2. The van der Waals surface area contributed by atoms with Crippen LogP contribution in [0, 0.1) is 16.2 Å². The minimum absolute atomic E-state index is 0.00199. The summed E-state index contributed by atoms with van der Waals surface area (Å²) in [7, 11) is 0. The van der Waals surface area contributed by atoms with E-state index in [2.05, 4.69) is 82.8 Å². The number of ether oxygens (including phenoxy) is 4. The standard InChI is InChI=1S/C88H151N11O16.3CO2/c1-64(100)57-97(58-67-56-66(34-39-71(67)102)35-40-75(105)90-42-26-23-24-31-74(104)89-43-27-25-30-73(84(8,9)10)93-80(110)92-70(79(109)114-87(17,18)19)37-41-77(107)112-85(11,12)13)49-50-98(61-78(108)113-86(14,15)16)59-68-55-65(33-38-72(68)103)32-36-69(101)29-28-44-91-76(106)60-94-45-46-95(62-82(2,3)4)47-48-96(63-83(5,6)7)52-54-99(53-51-94)81(111)115-88(20,21)22;3*2-1-3/h33-34,38-39,55-56,70,73,102-103H,23-32,35-37,40-54,57-63H2,1-22H3,(H,89,104)(H,90,105)(H,91,106)(H2,92,93,110);;;/t70-,73-;;;/m0.../s1. The Labute approximate surface area is 736 Å². The third-order valence-corrected chi connectivity index (χ3v) is 18.6. The van der Waals surface area contributed by atoms with Crippen molar-refractivity contribution >= 4 is 77.8 Å². The topological polar surface area (TPSA) is 430 Å². The molecule has 0 unspecified atom stereocenters. The van der Waals surface area contributed by atoms with Crippen LogP contribution in [0.1, 0.15) is 258 Å². The van der Waals surface area contributed by atoms with Crippen molar-refractivity contribution in [2.24, 2.45) is 16.2 Å². The molecule has 1 saturated heterocycles. The molecule has 33 nitrogen and oxygen atoms in total. The second-order valence-electron chi connectivity index (χ2n) is 39.0. The van der Waals surface area contributed by atoms with E-state index in [0.29, 0.717) is 121 Å². The summed E-state index contributed by atoms with van der Waals surface area (Å²) >= 11 is 0. The summed E-state index contributed by atoms with van der Waals surface area (Å²) in [4.78, 5) is 193. The second-order valence-corrected chi connectivity index (χ2v) is 39.0. The normalized spacial score (nSPS) is 14.0. The van der Waals surface area contributed by atoms with Gasteiger partial charge in [0.25, 0.3) is 0 Å². The quantitative estimate of drug-likeness (QED) is 0.0185. The molecule has 0 aliphatic carbocycles. The summed E-state index contributed by atoms with van der Waals surface area (Å²) in [6.45, 7) is 51.4. The van der Waals surface area contributed by atoms with E-state index in [4.69, 9.17) is 47.7 Å². The van der Waals surface area contributed by atoms with Crippen molar-refractivity contribution in [3.63, 3.8) is 0 Å². The first kappa shape index (κ1) is 115. The van der Waals surface area contributed by atoms with Crippen LogP contribution in [-0.2, 0) is 112 Å². The lowest BCUT2D eigenvalue weighted by Gasteiger charge is -2.38. The number of carbonyl (C=O) groups excluding carboxylic acids is 16. The molecule has 2 aromatic rings. The van der Waals surface area contributed by atoms with Gasteiger partial charge in [-0.1, -0.05) is 93.0 Å². The molecular formula is C91H151N11O22. The monoisotopic (exact) mass is 1750 g/mol. The van der Waals surface area contributed by atoms with Crippen molar-refractivity contribution in [2.75, 3.05) is 118 Å². The Morgan fingerprint density at radius 1 is 0.444 bits per heavy atom. The predicted octanol–water partition coefficient (Wildman–Crippen LogP) is 9.67. The molecule has 2 aromatic carbocycles. The van der Waals surface area contributed by atoms with Gasteiger partial charge in [-0.2, -0.15) is 28.8 Å². The molecule has 1 aliphatic heterocycles. The second kappa shape index (κ2) is 58.1. The smallest absolute Gasteiger partial charge is 0.410 e. The molecule has 702 valence electrons. The number of ketones is 2. The van der Waals surface area contributed by atoms with Crippen molar-refractivity contribution in [1.29, 1.82) is 0 Å². The van der Waals surface area contributed by atoms with Crippen LogP contribution in [0.3, 0.4) is 0 Å². The molecule has 0 spiro atoms. The van der Waals surface area contributed by atoms with Gasteiger partial charge in [-0.15, -0.1) is 0 Å². The molecule has 1 aliphatic rings. The number of amides is 6. The predicted molar refractivity (Wildman–Crippen MR) is 466 cm³/mol. The maximum absolute atomic E-state index is 13.6. The van der Waals surface area contributed by atoms with Crippen LogP contribution >= 0.6 is 0 Å². The van der Waals surface area contributed by atoms with Crippen LogP contribution < -0.4 is 26.6 Å². The Kier molecular flexibility index (Phi) is 53.7. The van der Waals surface area contributed by atoms with E-state index in [1.807, 2.05) is 63.5 Å². The summed E-state index contributed by atoms with van der Waals surface area (Å²) < 4.78 is 22.6. The average molecular weight is 1750 g/mol. The minimum atomic E-state index is -1.08. The number of urea groups is 1. The fraction of sp³-hybridized carbons (Fsp3) is 0.725. The third-order valence-electron chi connectivity index (χ3n) is 18.6. The van der Waals surface area contributed by atoms with Crippen LogP contribution in [-0.4, -0.2) is 270 Å². The lowest BCUT2D eigenvalue weighted by molar-refractivity contribution is -0.193. The lowest BCUT2D eigenvalue weighted by atomic mass is 9.84. The molecule has 6 amide bonds. The Bertz CT molecular complexity index is 3680. The van der Waals surface area contributed by atoms with Crippen LogP contribution in [0.15, 0.2) is 36.4 Å². The van der Waals surface area contributed by atoms with Gasteiger partial charge in [-0.05, 0) is 187 Å². The molecule has 7 N–H and O–H groups in total. The molecule has 2 atom stereocenters. The number of rotatable bonds is 42. The number of hydrogen-bond acceptors (Lipinski definition) is 27. The van der Waals surface area contributed by atoms with Crippen molar-refractivity contribution in [3.8, 4) is 11.5 Å². The fourth-order valence-corrected chi connectivity index (χ4v) is 13.3. The maximum atomic E-state index is 13.6. The number of aryl methyl sites for hydroxylation is 2. The number of esters is 3. The van der Waals surface area contributed by atoms with Crippen LogP contribution in [0.5, 0.6) is 11.5 Å². The van der Waals surface area contributed by atoms with E-state index in [9.17, 15) is 58.2 Å². The van der Waals surface area contributed by atoms with E-state index in [-0.39, 0.29) is 166 Å². The fourth-order valence-electron chi connectivity index (χ4n) is 13.3. The zero-order valence-corrected chi connectivity index (χ0v) is 78.6. The Morgan fingerprint density at radius 3 is 1.33 bits per heavy atom.